The number of quaternary nitrogens is 1. The van der Waals surface area contributed by atoms with E-state index in [1.54, 1.807) is 0 Å². The van der Waals surface area contributed by atoms with Crippen molar-refractivity contribution >= 4 is 21.8 Å². The van der Waals surface area contributed by atoms with E-state index in [0.717, 1.165) is 27.1 Å². The molecule has 1 N–H and O–H groups in total. The molecule has 0 spiro atoms. The van der Waals surface area contributed by atoms with Crippen LogP contribution in [-0.4, -0.2) is 30.5 Å². The van der Waals surface area contributed by atoms with E-state index in [1.165, 1.54) is 37.7 Å². The van der Waals surface area contributed by atoms with E-state index in [-0.39, 0.29) is 5.91 Å². The lowest BCUT2D eigenvalue weighted by Gasteiger charge is -2.40. The van der Waals surface area contributed by atoms with Crippen molar-refractivity contribution in [3.8, 4) is 0 Å². The van der Waals surface area contributed by atoms with Crippen LogP contribution in [0.5, 0.6) is 0 Å². The number of halogens is 1. The van der Waals surface area contributed by atoms with Crippen molar-refractivity contribution < 1.29 is 9.28 Å². The molecular formula is C23H30BrN2O+. The second kappa shape index (κ2) is 9.03. The van der Waals surface area contributed by atoms with E-state index in [0.29, 0.717) is 12.1 Å². The summed E-state index contributed by atoms with van der Waals surface area (Å²) in [6.07, 6.45) is 6.86. The van der Waals surface area contributed by atoms with Gasteiger partial charge >= 0.3 is 0 Å². The summed E-state index contributed by atoms with van der Waals surface area (Å²) < 4.78 is 1.98. The fourth-order valence-corrected chi connectivity index (χ4v) is 4.46. The van der Waals surface area contributed by atoms with Crippen molar-refractivity contribution in [2.24, 2.45) is 0 Å². The summed E-state index contributed by atoms with van der Waals surface area (Å²) in [5, 5.41) is 3.00. The molecule has 1 aliphatic rings. The quantitative estimate of drug-likeness (QED) is 0.620. The highest BCUT2D eigenvalue weighted by atomic mass is 79.9. The molecule has 0 aromatic heterocycles. The smallest absolute Gasteiger partial charge is 0.251 e. The molecule has 0 radical (unpaired) electrons. The fourth-order valence-electron chi connectivity index (χ4n) is 4.06. The molecule has 144 valence electrons. The van der Waals surface area contributed by atoms with Gasteiger partial charge in [0.1, 0.15) is 6.54 Å². The molecular weight excluding hydrogens is 400 g/mol. The first-order valence-corrected chi connectivity index (χ1v) is 10.7. The highest BCUT2D eigenvalue weighted by Gasteiger charge is 2.29. The Kier molecular flexibility index (Phi) is 6.72. The number of benzene rings is 2. The molecule has 27 heavy (non-hydrogen) atoms. The normalized spacial score (nSPS) is 15.5. The molecule has 0 bridgehead atoms. The lowest BCUT2D eigenvalue weighted by atomic mass is 9.92. The van der Waals surface area contributed by atoms with Crippen LogP contribution in [-0.2, 0) is 13.1 Å². The topological polar surface area (TPSA) is 29.1 Å². The Bertz CT molecular complexity index is 764. The Morgan fingerprint density at radius 2 is 1.70 bits per heavy atom. The van der Waals surface area contributed by atoms with E-state index >= 15 is 0 Å². The summed E-state index contributed by atoms with van der Waals surface area (Å²) in [6.45, 7) is 1.61. The van der Waals surface area contributed by atoms with Gasteiger partial charge in [-0.05, 0) is 49.4 Å². The first kappa shape index (κ1) is 20.1. The number of nitrogens with zero attached hydrogens (tertiary/aromatic N) is 1. The summed E-state index contributed by atoms with van der Waals surface area (Å²) in [6, 6.07) is 16.9. The van der Waals surface area contributed by atoms with Gasteiger partial charge in [0.25, 0.3) is 5.91 Å². The van der Waals surface area contributed by atoms with E-state index in [4.69, 9.17) is 0 Å². The molecule has 0 unspecified atom stereocenters. The van der Waals surface area contributed by atoms with Crippen LogP contribution in [0.1, 0.15) is 53.6 Å². The number of rotatable bonds is 6. The molecule has 1 saturated carbocycles. The van der Waals surface area contributed by atoms with Gasteiger partial charge in [-0.25, -0.2) is 0 Å². The van der Waals surface area contributed by atoms with Gasteiger partial charge in [-0.1, -0.05) is 52.7 Å². The van der Waals surface area contributed by atoms with Gasteiger partial charge in [0.15, 0.2) is 0 Å². The number of nitrogens with one attached hydrogen (secondary N) is 1. The predicted octanol–water partition coefficient (Wildman–Crippen LogP) is 5.29. The summed E-state index contributed by atoms with van der Waals surface area (Å²) in [7, 11) is 4.73. The van der Waals surface area contributed by atoms with Crippen LogP contribution in [0.4, 0.5) is 0 Å². The van der Waals surface area contributed by atoms with Crippen molar-refractivity contribution in [3.05, 3.63) is 69.7 Å². The summed E-state index contributed by atoms with van der Waals surface area (Å²) in [5.41, 5.74) is 3.17. The van der Waals surface area contributed by atoms with E-state index < -0.39 is 0 Å². The summed E-state index contributed by atoms with van der Waals surface area (Å²) in [5.74, 6) is -0.0459. The van der Waals surface area contributed by atoms with Gasteiger partial charge in [0, 0.05) is 22.1 Å². The molecule has 1 amide bonds. The maximum absolute atomic E-state index is 12.3. The van der Waals surface area contributed by atoms with Gasteiger partial charge in [0.2, 0.25) is 0 Å². The molecule has 0 atom stereocenters. The molecule has 3 rings (SSSR count). The van der Waals surface area contributed by atoms with Crippen LogP contribution in [0.2, 0.25) is 0 Å². The zero-order valence-corrected chi connectivity index (χ0v) is 18.0. The van der Waals surface area contributed by atoms with Gasteiger partial charge in [-0.2, -0.15) is 0 Å². The number of hydrogen-bond acceptors (Lipinski definition) is 1. The Morgan fingerprint density at radius 1 is 1.04 bits per heavy atom. The van der Waals surface area contributed by atoms with Crippen molar-refractivity contribution in [2.45, 2.75) is 51.2 Å². The Hall–Kier alpha value is -1.65. The predicted molar refractivity (Wildman–Crippen MR) is 114 cm³/mol. The van der Waals surface area contributed by atoms with Crippen molar-refractivity contribution in [2.75, 3.05) is 14.1 Å². The van der Waals surface area contributed by atoms with Crippen molar-refractivity contribution in [1.82, 2.24) is 5.32 Å². The van der Waals surface area contributed by atoms with E-state index in [9.17, 15) is 4.79 Å². The zero-order valence-electron chi connectivity index (χ0n) is 16.4. The maximum Gasteiger partial charge on any atom is 0.251 e. The maximum atomic E-state index is 12.3. The second-order valence-corrected chi connectivity index (χ2v) is 9.15. The highest BCUT2D eigenvalue weighted by molar-refractivity contribution is 9.10. The number of hydrogen-bond donors (Lipinski definition) is 1. The van der Waals surface area contributed by atoms with Crippen LogP contribution in [0.25, 0.3) is 0 Å². The molecule has 1 aliphatic carbocycles. The van der Waals surface area contributed by atoms with Gasteiger partial charge < -0.3 is 9.80 Å². The molecule has 2 aromatic rings. The number of carbonyl (C=O) groups excluding carboxylic acids is 1. The van der Waals surface area contributed by atoms with Gasteiger partial charge in [-0.3, -0.25) is 4.79 Å². The lowest BCUT2D eigenvalue weighted by Crippen LogP contribution is -2.48. The largest absolute Gasteiger partial charge is 0.348 e. The van der Waals surface area contributed by atoms with Crippen LogP contribution >= 0.6 is 15.9 Å². The minimum Gasteiger partial charge on any atom is -0.348 e. The minimum atomic E-state index is -0.0459. The van der Waals surface area contributed by atoms with Gasteiger partial charge in [-0.15, -0.1) is 0 Å². The van der Waals surface area contributed by atoms with E-state index in [1.807, 2.05) is 24.3 Å². The molecule has 2 aromatic carbocycles. The van der Waals surface area contributed by atoms with Crippen LogP contribution in [0, 0.1) is 0 Å². The molecule has 0 heterocycles. The number of amides is 1. The molecule has 0 aliphatic heterocycles. The minimum absolute atomic E-state index is 0.0459. The van der Waals surface area contributed by atoms with Crippen LogP contribution < -0.4 is 5.32 Å². The first-order valence-electron chi connectivity index (χ1n) is 9.88. The van der Waals surface area contributed by atoms with Gasteiger partial charge in [0.05, 0.1) is 20.1 Å². The average Bonchev–Trinajstić information content (AvgIpc) is 2.67. The van der Waals surface area contributed by atoms with Crippen molar-refractivity contribution in [1.29, 1.82) is 0 Å². The van der Waals surface area contributed by atoms with E-state index in [2.05, 4.69) is 59.6 Å². The third-order valence-corrected chi connectivity index (χ3v) is 6.21. The third kappa shape index (κ3) is 5.66. The monoisotopic (exact) mass is 429 g/mol. The SMILES string of the molecule is C[N+](C)(Cc1ccc(CNC(=O)c2cccc(Br)c2)cc1)C1CCCCC1. The second-order valence-electron chi connectivity index (χ2n) is 8.24. The molecule has 4 heteroatoms. The zero-order chi connectivity index (χ0) is 19.3. The standard InChI is InChI=1S/C23H29BrN2O/c1-26(2,22-9-4-3-5-10-22)17-19-13-11-18(12-14-19)16-25-23(27)20-7-6-8-21(24)15-20/h6-8,11-15,22H,3-5,9-10,16-17H2,1-2H3/p+1. The summed E-state index contributed by atoms with van der Waals surface area (Å²) in [4.78, 5) is 12.3. The Morgan fingerprint density at radius 3 is 2.37 bits per heavy atom. The van der Waals surface area contributed by atoms with Crippen LogP contribution in [0.3, 0.4) is 0 Å². The molecule has 0 saturated heterocycles. The van der Waals surface area contributed by atoms with Crippen molar-refractivity contribution in [3.63, 3.8) is 0 Å². The summed E-state index contributed by atoms with van der Waals surface area (Å²) >= 11 is 3.41. The van der Waals surface area contributed by atoms with Crippen LogP contribution in [0.15, 0.2) is 53.0 Å². The number of carbonyl (C=O) groups is 1. The Balaban J connectivity index is 1.54. The Labute approximate surface area is 171 Å². The highest BCUT2D eigenvalue weighted by Crippen LogP contribution is 2.27. The molecule has 3 nitrogen and oxygen atoms in total. The average molecular weight is 430 g/mol. The fraction of sp³-hybridized carbons (Fsp3) is 0.435. The first-order chi connectivity index (χ1) is 12.9. The third-order valence-electron chi connectivity index (χ3n) is 5.72. The molecule has 1 fully saturated rings. The lowest BCUT2D eigenvalue weighted by molar-refractivity contribution is -0.929.